The molecule has 230 valence electrons. The first-order valence-electron chi connectivity index (χ1n) is 14.3. The normalized spacial score (nSPS) is 14.3. The predicted molar refractivity (Wildman–Crippen MR) is 170 cm³/mol. The molecule has 1 aliphatic rings. The van der Waals surface area contributed by atoms with Gasteiger partial charge in [0.25, 0.3) is 10.0 Å². The Balaban J connectivity index is 1.75. The van der Waals surface area contributed by atoms with E-state index >= 15 is 0 Å². The lowest BCUT2D eigenvalue weighted by Gasteiger charge is -2.34. The van der Waals surface area contributed by atoms with Gasteiger partial charge in [-0.15, -0.1) is 0 Å². The summed E-state index contributed by atoms with van der Waals surface area (Å²) in [6.07, 6.45) is 4.19. The number of anilines is 1. The number of benzene rings is 3. The summed E-state index contributed by atoms with van der Waals surface area (Å²) < 4.78 is 34.4. The van der Waals surface area contributed by atoms with Gasteiger partial charge in [-0.1, -0.05) is 78.9 Å². The van der Waals surface area contributed by atoms with Gasteiger partial charge in [-0.3, -0.25) is 13.9 Å². The fourth-order valence-electron chi connectivity index (χ4n) is 5.27. The van der Waals surface area contributed by atoms with Gasteiger partial charge in [0.05, 0.1) is 22.7 Å². The van der Waals surface area contributed by atoms with Crippen LogP contribution in [0.5, 0.6) is 5.75 Å². The summed E-state index contributed by atoms with van der Waals surface area (Å²) in [4.78, 5) is 29.3. The third-order valence-corrected chi connectivity index (χ3v) is 10.1. The Labute approximate surface area is 264 Å². The molecule has 1 aliphatic carbocycles. The predicted octanol–water partition coefficient (Wildman–Crippen LogP) is 6.37. The maximum atomic E-state index is 14.3. The van der Waals surface area contributed by atoms with Gasteiger partial charge in [-0.25, -0.2) is 8.42 Å². The molecule has 2 amide bonds. The molecule has 3 aromatic carbocycles. The van der Waals surface area contributed by atoms with Crippen LogP contribution in [0.1, 0.15) is 50.2 Å². The zero-order chi connectivity index (χ0) is 31.1. The highest BCUT2D eigenvalue weighted by molar-refractivity contribution is 7.92. The standard InChI is InChI=1S/C32H37Cl2N3O5S/c1-4-29(32(39)35-24-10-6-7-11-24)36(20-23-9-5-8-12-27(23)33)31(38)21-37(25-15-18-30(42-3)28(34)19-25)43(40,41)26-16-13-22(2)14-17-26/h5,8-9,12-19,24,29H,4,6-7,10-11,20-21H2,1-3H3,(H,35,39)/t29-/m1/s1. The minimum absolute atomic E-state index is 0.0153. The van der Waals surface area contributed by atoms with Crippen molar-refractivity contribution in [2.45, 2.75) is 69.5 Å². The lowest BCUT2D eigenvalue weighted by molar-refractivity contribution is -0.140. The number of hydrogen-bond acceptors (Lipinski definition) is 5. The molecule has 0 saturated heterocycles. The van der Waals surface area contributed by atoms with Crippen molar-refractivity contribution in [3.8, 4) is 5.75 Å². The molecule has 0 spiro atoms. The Morgan fingerprint density at radius 1 is 1.00 bits per heavy atom. The summed E-state index contributed by atoms with van der Waals surface area (Å²) in [5.41, 5.74) is 1.71. The Morgan fingerprint density at radius 3 is 2.28 bits per heavy atom. The second-order valence-electron chi connectivity index (χ2n) is 10.7. The topological polar surface area (TPSA) is 96.0 Å². The molecule has 0 radical (unpaired) electrons. The molecule has 1 saturated carbocycles. The van der Waals surface area contributed by atoms with Gasteiger partial charge in [0.1, 0.15) is 18.3 Å². The van der Waals surface area contributed by atoms with E-state index in [9.17, 15) is 18.0 Å². The summed E-state index contributed by atoms with van der Waals surface area (Å²) >= 11 is 12.9. The Kier molecular flexibility index (Phi) is 11.0. The fourth-order valence-corrected chi connectivity index (χ4v) is 7.13. The molecule has 0 aromatic heterocycles. The van der Waals surface area contributed by atoms with Crippen molar-refractivity contribution in [3.05, 3.63) is 87.9 Å². The number of rotatable bonds is 12. The molecule has 0 aliphatic heterocycles. The van der Waals surface area contributed by atoms with E-state index in [1.807, 2.05) is 13.8 Å². The van der Waals surface area contributed by atoms with E-state index in [-0.39, 0.29) is 34.1 Å². The molecule has 1 N–H and O–H groups in total. The molecule has 0 bridgehead atoms. The summed E-state index contributed by atoms with van der Waals surface area (Å²) in [5.74, 6) is -0.467. The van der Waals surface area contributed by atoms with Crippen molar-refractivity contribution >= 4 is 50.7 Å². The van der Waals surface area contributed by atoms with Crippen molar-refractivity contribution < 1.29 is 22.7 Å². The van der Waals surface area contributed by atoms with Crippen molar-refractivity contribution in [3.63, 3.8) is 0 Å². The minimum atomic E-state index is -4.23. The highest BCUT2D eigenvalue weighted by Gasteiger charge is 2.35. The largest absolute Gasteiger partial charge is 0.495 e. The van der Waals surface area contributed by atoms with E-state index in [0.717, 1.165) is 35.6 Å². The molecule has 8 nitrogen and oxygen atoms in total. The number of amides is 2. The number of carbonyl (C=O) groups is 2. The molecular weight excluding hydrogens is 609 g/mol. The first-order valence-corrected chi connectivity index (χ1v) is 16.5. The van der Waals surface area contributed by atoms with Gasteiger partial charge >= 0.3 is 0 Å². The number of nitrogens with one attached hydrogen (secondary N) is 1. The summed E-state index contributed by atoms with van der Waals surface area (Å²) in [6.45, 7) is 3.14. The number of sulfonamides is 1. The lowest BCUT2D eigenvalue weighted by Crippen LogP contribution is -2.53. The zero-order valence-corrected chi connectivity index (χ0v) is 26.9. The van der Waals surface area contributed by atoms with Gasteiger partial charge in [-0.05, 0) is 68.1 Å². The van der Waals surface area contributed by atoms with E-state index in [4.69, 9.17) is 27.9 Å². The molecule has 11 heteroatoms. The van der Waals surface area contributed by atoms with Crippen molar-refractivity contribution in [2.75, 3.05) is 18.0 Å². The van der Waals surface area contributed by atoms with E-state index < -0.39 is 28.5 Å². The average molecular weight is 647 g/mol. The third kappa shape index (κ3) is 7.82. The maximum absolute atomic E-state index is 14.3. The van der Waals surface area contributed by atoms with Crippen LogP contribution in [0.3, 0.4) is 0 Å². The molecule has 0 heterocycles. The summed E-state index contributed by atoms with van der Waals surface area (Å²) in [7, 11) is -2.77. The van der Waals surface area contributed by atoms with Crippen LogP contribution < -0.4 is 14.4 Å². The van der Waals surface area contributed by atoms with Crippen LogP contribution in [0.15, 0.2) is 71.6 Å². The van der Waals surface area contributed by atoms with E-state index in [1.54, 1.807) is 42.5 Å². The highest BCUT2D eigenvalue weighted by Crippen LogP contribution is 2.32. The van der Waals surface area contributed by atoms with Crippen molar-refractivity contribution in [1.29, 1.82) is 0 Å². The molecule has 4 rings (SSSR count). The minimum Gasteiger partial charge on any atom is -0.495 e. The van der Waals surface area contributed by atoms with Crippen LogP contribution in [0.25, 0.3) is 0 Å². The number of ether oxygens (including phenoxy) is 1. The van der Waals surface area contributed by atoms with Gasteiger partial charge < -0.3 is 15.0 Å². The van der Waals surface area contributed by atoms with Crippen LogP contribution in [0.2, 0.25) is 10.0 Å². The lowest BCUT2D eigenvalue weighted by atomic mass is 10.1. The molecule has 1 fully saturated rings. The van der Waals surface area contributed by atoms with Gasteiger partial charge in [0.15, 0.2) is 0 Å². The van der Waals surface area contributed by atoms with Crippen LogP contribution in [-0.4, -0.2) is 50.9 Å². The van der Waals surface area contributed by atoms with Crippen LogP contribution >= 0.6 is 23.2 Å². The van der Waals surface area contributed by atoms with Crippen molar-refractivity contribution in [2.24, 2.45) is 0 Å². The number of nitrogens with zero attached hydrogens (tertiary/aromatic N) is 2. The molecule has 43 heavy (non-hydrogen) atoms. The number of carbonyl (C=O) groups excluding carboxylic acids is 2. The summed E-state index contributed by atoms with van der Waals surface area (Å²) in [5, 5.41) is 3.73. The van der Waals surface area contributed by atoms with Crippen LogP contribution in [0.4, 0.5) is 5.69 Å². The molecule has 3 aromatic rings. The van der Waals surface area contributed by atoms with Crippen LogP contribution in [-0.2, 0) is 26.2 Å². The third-order valence-electron chi connectivity index (χ3n) is 7.70. The highest BCUT2D eigenvalue weighted by atomic mass is 35.5. The maximum Gasteiger partial charge on any atom is 0.264 e. The van der Waals surface area contributed by atoms with Crippen molar-refractivity contribution in [1.82, 2.24) is 10.2 Å². The van der Waals surface area contributed by atoms with E-state index in [0.29, 0.717) is 22.8 Å². The number of hydrogen-bond donors (Lipinski definition) is 1. The van der Waals surface area contributed by atoms with Gasteiger partial charge in [0, 0.05) is 17.6 Å². The Hall–Kier alpha value is -3.27. The smallest absolute Gasteiger partial charge is 0.264 e. The Morgan fingerprint density at radius 2 is 1.67 bits per heavy atom. The number of methoxy groups -OCH3 is 1. The Bertz CT molecular complexity index is 1540. The van der Waals surface area contributed by atoms with Gasteiger partial charge in [0.2, 0.25) is 11.8 Å². The number of halogens is 2. The second kappa shape index (κ2) is 14.5. The van der Waals surface area contributed by atoms with E-state index in [1.165, 1.54) is 36.3 Å². The molecule has 1 atom stereocenters. The second-order valence-corrected chi connectivity index (χ2v) is 13.3. The van der Waals surface area contributed by atoms with Crippen LogP contribution in [0, 0.1) is 6.92 Å². The van der Waals surface area contributed by atoms with E-state index in [2.05, 4.69) is 5.32 Å². The molecular formula is C32H37Cl2N3O5S. The SMILES string of the molecule is CC[C@H](C(=O)NC1CCCC1)N(Cc1ccccc1Cl)C(=O)CN(c1ccc(OC)c(Cl)c1)S(=O)(=O)c1ccc(C)cc1. The average Bonchev–Trinajstić information content (AvgIpc) is 3.49. The zero-order valence-electron chi connectivity index (χ0n) is 24.6. The first-order chi connectivity index (χ1) is 20.5. The summed E-state index contributed by atoms with van der Waals surface area (Å²) in [6, 6.07) is 17.2. The molecule has 0 unspecified atom stereocenters. The quantitative estimate of drug-likeness (QED) is 0.247. The monoisotopic (exact) mass is 645 g/mol. The first kappa shape index (κ1) is 32.6. The fraction of sp³-hybridized carbons (Fsp3) is 0.375. The van der Waals surface area contributed by atoms with Gasteiger partial charge in [-0.2, -0.15) is 0 Å². The number of aryl methyl sites for hydroxylation is 1.